The third-order valence-corrected chi connectivity index (χ3v) is 22.1. The Morgan fingerprint density at radius 3 is 0.683 bits per heavy atom. The number of unbranched alkanes of at least 4 members (excludes halogenated alkanes) is 47. The summed E-state index contributed by atoms with van der Waals surface area (Å²) in [5.74, 6) is 1.05. The van der Waals surface area contributed by atoms with E-state index in [1.54, 1.807) is 0 Å². The molecule has 618 valence electrons. The van der Waals surface area contributed by atoms with Crippen LogP contribution in [0.3, 0.4) is 0 Å². The molecule has 4 unspecified atom stereocenters. The minimum atomic E-state index is -4.97. The predicted octanol–water partition coefficient (Wildman–Crippen LogP) is 25.6. The summed E-state index contributed by atoms with van der Waals surface area (Å²) >= 11 is 0. The SMILES string of the molecule is CCC(C)CCCCCCCCCCCCCCCCC(=O)OC[C@H](COP(=O)(O)OCC(O)COP(=O)(O)OC[C@@H](COC(=O)CCCCCCCCCC(C)C)OC(=O)CCCCCCCCCCCCCCCCCC(C)C)OC(=O)CCCCCCCCCCCCCCCCCC(C)C. The zero-order chi connectivity index (χ0) is 76.7. The van der Waals surface area contributed by atoms with E-state index in [1.165, 1.54) is 238 Å². The van der Waals surface area contributed by atoms with Gasteiger partial charge in [-0.2, -0.15) is 0 Å². The Balaban J connectivity index is 5.24. The van der Waals surface area contributed by atoms with Crippen LogP contribution in [-0.4, -0.2) is 96.7 Å². The maximum absolute atomic E-state index is 13.1. The minimum Gasteiger partial charge on any atom is -0.462 e. The van der Waals surface area contributed by atoms with Crippen molar-refractivity contribution in [2.45, 2.75) is 459 Å². The van der Waals surface area contributed by atoms with Gasteiger partial charge in [0.05, 0.1) is 26.4 Å². The minimum absolute atomic E-state index is 0.107. The average Bonchev–Trinajstić information content (AvgIpc) is 0.906. The molecule has 0 aliphatic heterocycles. The van der Waals surface area contributed by atoms with Crippen molar-refractivity contribution in [3.63, 3.8) is 0 Å². The van der Waals surface area contributed by atoms with Gasteiger partial charge in [0, 0.05) is 25.7 Å². The van der Waals surface area contributed by atoms with Crippen LogP contribution < -0.4 is 0 Å². The van der Waals surface area contributed by atoms with Crippen molar-refractivity contribution in [3.05, 3.63) is 0 Å². The molecule has 3 N–H and O–H groups in total. The first-order valence-electron chi connectivity index (χ1n) is 43.7. The summed E-state index contributed by atoms with van der Waals surface area (Å²) in [7, 11) is -9.93. The number of aliphatic hydroxyl groups excluding tert-OH is 1. The number of carbonyl (C=O) groups excluding carboxylic acids is 4. The summed E-state index contributed by atoms with van der Waals surface area (Å²) in [4.78, 5) is 73.2. The molecule has 0 aromatic rings. The van der Waals surface area contributed by atoms with Gasteiger partial charge in [-0.1, -0.05) is 389 Å². The van der Waals surface area contributed by atoms with Crippen LogP contribution in [0.1, 0.15) is 441 Å². The summed E-state index contributed by atoms with van der Waals surface area (Å²) in [6, 6.07) is 0. The fraction of sp³-hybridized carbons (Fsp3) is 0.953. The third-order valence-electron chi connectivity index (χ3n) is 20.2. The summed E-state index contributed by atoms with van der Waals surface area (Å²) in [5, 5.41) is 10.7. The normalized spacial score (nSPS) is 14.2. The second-order valence-electron chi connectivity index (χ2n) is 32.2. The van der Waals surface area contributed by atoms with Gasteiger partial charge in [0.25, 0.3) is 0 Å². The quantitative estimate of drug-likeness (QED) is 0.0222. The summed E-state index contributed by atoms with van der Waals surface area (Å²) in [5.41, 5.74) is 0. The Hall–Kier alpha value is -1.94. The number of hydrogen-bond donors (Lipinski definition) is 3. The van der Waals surface area contributed by atoms with Crippen molar-refractivity contribution in [2.24, 2.45) is 23.7 Å². The van der Waals surface area contributed by atoms with E-state index < -0.39 is 97.5 Å². The molecule has 0 rings (SSSR count). The molecule has 0 aromatic heterocycles. The first kappa shape index (κ1) is 102. The molecule has 6 atom stereocenters. The van der Waals surface area contributed by atoms with Gasteiger partial charge in [-0.15, -0.1) is 0 Å². The predicted molar refractivity (Wildman–Crippen MR) is 428 cm³/mol. The molecule has 0 fully saturated rings. The van der Waals surface area contributed by atoms with Crippen LogP contribution in [0.4, 0.5) is 0 Å². The van der Waals surface area contributed by atoms with Gasteiger partial charge in [0.1, 0.15) is 19.3 Å². The Morgan fingerprint density at radius 1 is 0.269 bits per heavy atom. The van der Waals surface area contributed by atoms with E-state index in [2.05, 4.69) is 55.4 Å². The molecular formula is C85H166O17P2. The van der Waals surface area contributed by atoms with E-state index in [9.17, 15) is 43.2 Å². The number of aliphatic hydroxyl groups is 1. The maximum Gasteiger partial charge on any atom is 0.472 e. The van der Waals surface area contributed by atoms with Crippen LogP contribution in [-0.2, 0) is 65.4 Å². The standard InChI is InChI=1S/C85H166O17P2/c1-9-78(8)64-56-48-40-32-26-20-16-17-21-27-33-41-49-57-65-82(87)95-71-80(101-84(89)67-59-51-42-34-28-22-14-10-12-18-24-30-37-45-53-61-75(2)3)73-99-103(91,92)97-69-79(86)70-98-104(93,94)100-74-81(72-96-83(88)66-58-50-44-36-39-47-55-63-77(6)7)102-85(90)68-60-52-43-35-29-23-15-11-13-19-25-31-38-46-54-62-76(4)5/h75-81,86H,9-74H2,1-8H3,(H,91,92)(H,93,94)/t78?,79?,80-,81-/m1/s1. The molecule has 0 radical (unpaired) electrons. The van der Waals surface area contributed by atoms with Gasteiger partial charge in [0.15, 0.2) is 12.2 Å². The summed E-state index contributed by atoms with van der Waals surface area (Å²) < 4.78 is 68.9. The molecule has 0 saturated heterocycles. The maximum atomic E-state index is 13.1. The van der Waals surface area contributed by atoms with Gasteiger partial charge in [-0.05, 0) is 49.4 Å². The van der Waals surface area contributed by atoms with Crippen molar-refractivity contribution in [1.29, 1.82) is 0 Å². The van der Waals surface area contributed by atoms with Crippen molar-refractivity contribution in [3.8, 4) is 0 Å². The molecule has 0 aromatic carbocycles. The topological polar surface area (TPSA) is 237 Å². The largest absolute Gasteiger partial charge is 0.472 e. The van der Waals surface area contributed by atoms with E-state index in [0.29, 0.717) is 31.6 Å². The number of phosphoric acid groups is 2. The smallest absolute Gasteiger partial charge is 0.462 e. The van der Waals surface area contributed by atoms with E-state index in [4.69, 9.17) is 37.0 Å². The second kappa shape index (κ2) is 73.8. The number of esters is 4. The zero-order valence-electron chi connectivity index (χ0n) is 68.7. The number of rotatable bonds is 82. The molecule has 19 heteroatoms. The van der Waals surface area contributed by atoms with Crippen LogP contribution in [0.15, 0.2) is 0 Å². The Bertz CT molecular complexity index is 2030. The highest BCUT2D eigenvalue weighted by Gasteiger charge is 2.30. The van der Waals surface area contributed by atoms with Gasteiger partial charge >= 0.3 is 39.5 Å². The molecular weight excluding hydrogens is 1350 g/mol. The monoisotopic (exact) mass is 1520 g/mol. The van der Waals surface area contributed by atoms with Gasteiger partial charge < -0.3 is 33.8 Å². The fourth-order valence-electron chi connectivity index (χ4n) is 13.1. The molecule has 0 saturated carbocycles. The molecule has 0 aliphatic rings. The van der Waals surface area contributed by atoms with Crippen molar-refractivity contribution >= 4 is 39.5 Å². The molecule has 0 aliphatic carbocycles. The molecule has 0 bridgehead atoms. The van der Waals surface area contributed by atoms with Crippen LogP contribution >= 0.6 is 15.6 Å². The van der Waals surface area contributed by atoms with Crippen LogP contribution in [0.5, 0.6) is 0 Å². The molecule has 0 spiro atoms. The van der Waals surface area contributed by atoms with E-state index in [1.807, 2.05) is 0 Å². The first-order chi connectivity index (χ1) is 50.1. The van der Waals surface area contributed by atoms with Crippen molar-refractivity contribution in [2.75, 3.05) is 39.6 Å². The number of phosphoric ester groups is 2. The highest BCUT2D eigenvalue weighted by molar-refractivity contribution is 7.47. The van der Waals surface area contributed by atoms with Crippen molar-refractivity contribution in [1.82, 2.24) is 0 Å². The lowest BCUT2D eigenvalue weighted by molar-refractivity contribution is -0.161. The highest BCUT2D eigenvalue weighted by atomic mass is 31.2. The first-order valence-corrected chi connectivity index (χ1v) is 46.7. The van der Waals surface area contributed by atoms with Crippen molar-refractivity contribution < 1.29 is 80.2 Å². The van der Waals surface area contributed by atoms with Crippen LogP contribution in [0.2, 0.25) is 0 Å². The van der Waals surface area contributed by atoms with Gasteiger partial charge in [-0.25, -0.2) is 9.13 Å². The summed E-state index contributed by atoms with van der Waals surface area (Å²) in [6.45, 7) is 14.3. The third kappa shape index (κ3) is 76.8. The molecule has 0 amide bonds. The average molecular weight is 1520 g/mol. The molecule has 0 heterocycles. The van der Waals surface area contributed by atoms with Crippen LogP contribution in [0.25, 0.3) is 0 Å². The highest BCUT2D eigenvalue weighted by Crippen LogP contribution is 2.45. The Kier molecular flexibility index (Phi) is 72.5. The lowest BCUT2D eigenvalue weighted by Crippen LogP contribution is -2.30. The van der Waals surface area contributed by atoms with E-state index in [0.717, 1.165) is 114 Å². The Morgan fingerprint density at radius 2 is 0.462 bits per heavy atom. The van der Waals surface area contributed by atoms with Gasteiger partial charge in [-0.3, -0.25) is 37.3 Å². The number of carbonyl (C=O) groups is 4. The van der Waals surface area contributed by atoms with Gasteiger partial charge in [0.2, 0.25) is 0 Å². The lowest BCUT2D eigenvalue weighted by atomic mass is 9.99. The summed E-state index contributed by atoms with van der Waals surface area (Å²) in [6.07, 6.45) is 62.5. The second-order valence-corrected chi connectivity index (χ2v) is 35.2. The fourth-order valence-corrected chi connectivity index (χ4v) is 14.7. The molecule has 104 heavy (non-hydrogen) atoms. The lowest BCUT2D eigenvalue weighted by Gasteiger charge is -2.21. The molecule has 17 nitrogen and oxygen atoms in total. The number of hydrogen-bond acceptors (Lipinski definition) is 15. The zero-order valence-corrected chi connectivity index (χ0v) is 70.5. The number of ether oxygens (including phenoxy) is 4. The Labute approximate surface area is 638 Å². The van der Waals surface area contributed by atoms with E-state index in [-0.39, 0.29) is 25.7 Å². The van der Waals surface area contributed by atoms with E-state index >= 15 is 0 Å². The van der Waals surface area contributed by atoms with Crippen LogP contribution in [0, 0.1) is 23.7 Å².